The van der Waals surface area contributed by atoms with Gasteiger partial charge in [-0.05, 0) is 49.2 Å². The zero-order chi connectivity index (χ0) is 30.5. The molecule has 3 aromatic rings. The van der Waals surface area contributed by atoms with Crippen LogP contribution in [0.25, 0.3) is 0 Å². The number of carbonyl (C=O) groups is 3. The van der Waals surface area contributed by atoms with E-state index in [9.17, 15) is 14.4 Å². The van der Waals surface area contributed by atoms with Crippen LogP contribution < -0.4 is 5.32 Å². The molecule has 0 aromatic heterocycles. The summed E-state index contributed by atoms with van der Waals surface area (Å²) in [6.45, 7) is 2.11. The van der Waals surface area contributed by atoms with Crippen LogP contribution in [0.4, 0.5) is 0 Å². The number of esters is 2. The predicted molar refractivity (Wildman–Crippen MR) is 171 cm³/mol. The second-order valence-electron chi connectivity index (χ2n) is 11.0. The van der Waals surface area contributed by atoms with Gasteiger partial charge >= 0.3 is 11.9 Å². The van der Waals surface area contributed by atoms with Crippen molar-refractivity contribution in [2.75, 3.05) is 6.61 Å². The van der Waals surface area contributed by atoms with E-state index >= 15 is 0 Å². The molecule has 3 aromatic carbocycles. The molecule has 0 heterocycles. The summed E-state index contributed by atoms with van der Waals surface area (Å²) >= 11 is 0. The minimum absolute atomic E-state index is 0.128. The minimum atomic E-state index is -0.726. The van der Waals surface area contributed by atoms with E-state index in [1.54, 1.807) is 72.8 Å². The van der Waals surface area contributed by atoms with Crippen LogP contribution in [0.2, 0.25) is 0 Å². The van der Waals surface area contributed by atoms with Crippen LogP contribution in [0.3, 0.4) is 0 Å². The third kappa shape index (κ3) is 12.9. The number of hydrogen-bond acceptors (Lipinski definition) is 5. The molecule has 1 N–H and O–H groups in total. The highest BCUT2D eigenvalue weighted by Gasteiger charge is 2.29. The molecule has 0 aliphatic heterocycles. The summed E-state index contributed by atoms with van der Waals surface area (Å²) in [6.07, 6.45) is 13.1. The Morgan fingerprint density at radius 3 is 1.53 bits per heavy atom. The van der Waals surface area contributed by atoms with Crippen molar-refractivity contribution in [1.82, 2.24) is 5.32 Å². The summed E-state index contributed by atoms with van der Waals surface area (Å²) < 4.78 is 11.7. The van der Waals surface area contributed by atoms with Gasteiger partial charge in [-0.2, -0.15) is 0 Å². The van der Waals surface area contributed by atoms with Crippen molar-refractivity contribution in [2.45, 2.75) is 96.1 Å². The summed E-state index contributed by atoms with van der Waals surface area (Å²) in [6, 6.07) is 25.7. The molecule has 0 saturated carbocycles. The highest BCUT2D eigenvalue weighted by Crippen LogP contribution is 2.18. The van der Waals surface area contributed by atoms with Crippen molar-refractivity contribution in [3.63, 3.8) is 0 Å². The highest BCUT2D eigenvalue weighted by molar-refractivity contribution is 5.94. The number of amides is 1. The van der Waals surface area contributed by atoms with Gasteiger partial charge in [0.1, 0.15) is 18.8 Å². The first kappa shape index (κ1) is 33.6. The minimum Gasteiger partial charge on any atom is -0.460 e. The molecule has 0 saturated heterocycles. The van der Waals surface area contributed by atoms with E-state index in [-0.39, 0.29) is 12.5 Å². The monoisotopic (exact) mass is 585 g/mol. The van der Waals surface area contributed by atoms with Gasteiger partial charge in [-0.15, -0.1) is 0 Å². The summed E-state index contributed by atoms with van der Waals surface area (Å²) in [5, 5.41) is 2.99. The molecule has 6 heteroatoms. The zero-order valence-electron chi connectivity index (χ0n) is 25.5. The van der Waals surface area contributed by atoms with Gasteiger partial charge in [0.2, 0.25) is 0 Å². The smallest absolute Gasteiger partial charge is 0.338 e. The van der Waals surface area contributed by atoms with Crippen LogP contribution in [-0.2, 0) is 9.47 Å². The average Bonchev–Trinajstić information content (AvgIpc) is 3.05. The Labute approximate surface area is 257 Å². The van der Waals surface area contributed by atoms with Crippen molar-refractivity contribution in [2.24, 2.45) is 0 Å². The van der Waals surface area contributed by atoms with E-state index in [1.165, 1.54) is 51.4 Å². The van der Waals surface area contributed by atoms with Gasteiger partial charge in [0.25, 0.3) is 5.91 Å². The van der Waals surface area contributed by atoms with Crippen LogP contribution in [-0.4, -0.2) is 36.6 Å². The van der Waals surface area contributed by atoms with Crippen molar-refractivity contribution in [3.8, 4) is 0 Å². The predicted octanol–water partition coefficient (Wildman–Crippen LogP) is 8.57. The first-order chi connectivity index (χ1) is 21.1. The quantitative estimate of drug-likeness (QED) is 0.106. The topological polar surface area (TPSA) is 81.7 Å². The molecule has 230 valence electrons. The maximum absolute atomic E-state index is 13.2. The molecule has 6 nitrogen and oxygen atoms in total. The second-order valence-corrected chi connectivity index (χ2v) is 11.0. The van der Waals surface area contributed by atoms with E-state index in [4.69, 9.17) is 9.47 Å². The Bertz CT molecular complexity index is 1200. The molecule has 0 radical (unpaired) electrons. The van der Waals surface area contributed by atoms with Crippen molar-refractivity contribution >= 4 is 17.8 Å². The summed E-state index contributed by atoms with van der Waals surface area (Å²) in [5.41, 5.74) is 1.32. The Kier molecular flexibility index (Phi) is 15.7. The lowest BCUT2D eigenvalue weighted by molar-refractivity contribution is 0.00274. The van der Waals surface area contributed by atoms with Crippen molar-refractivity contribution in [3.05, 3.63) is 108 Å². The van der Waals surface area contributed by atoms with Crippen LogP contribution in [0, 0.1) is 0 Å². The lowest BCUT2D eigenvalue weighted by atomic mass is 10.0. The van der Waals surface area contributed by atoms with Crippen LogP contribution >= 0.6 is 0 Å². The van der Waals surface area contributed by atoms with Crippen LogP contribution in [0.15, 0.2) is 91.0 Å². The van der Waals surface area contributed by atoms with Crippen molar-refractivity contribution < 1.29 is 23.9 Å². The highest BCUT2D eigenvalue weighted by atomic mass is 16.6. The lowest BCUT2D eigenvalue weighted by Crippen LogP contribution is -2.48. The number of benzene rings is 3. The number of hydrogen-bond donors (Lipinski definition) is 1. The van der Waals surface area contributed by atoms with E-state index in [0.29, 0.717) is 23.1 Å². The number of ether oxygens (including phenoxy) is 2. The Morgan fingerprint density at radius 2 is 1.02 bits per heavy atom. The fourth-order valence-corrected chi connectivity index (χ4v) is 5.04. The third-order valence-corrected chi connectivity index (χ3v) is 7.56. The largest absolute Gasteiger partial charge is 0.460 e. The van der Waals surface area contributed by atoms with Gasteiger partial charge in [0, 0.05) is 5.56 Å². The van der Waals surface area contributed by atoms with Crippen LogP contribution in [0.1, 0.15) is 115 Å². The van der Waals surface area contributed by atoms with E-state index < -0.39 is 24.1 Å². The van der Waals surface area contributed by atoms with Gasteiger partial charge in [-0.3, -0.25) is 4.79 Å². The fraction of sp³-hybridized carbons (Fsp3) is 0.432. The molecule has 0 fully saturated rings. The van der Waals surface area contributed by atoms with Gasteiger partial charge in [-0.25, -0.2) is 9.59 Å². The SMILES string of the molecule is CCCCCCCCCCCCCC(OC(=O)c1ccccc1)C(COC(=O)c1ccccc1)NC(=O)c1ccccc1. The average molecular weight is 586 g/mol. The third-order valence-electron chi connectivity index (χ3n) is 7.56. The lowest BCUT2D eigenvalue weighted by Gasteiger charge is -2.28. The van der Waals surface area contributed by atoms with Gasteiger partial charge in [0.15, 0.2) is 0 Å². The molecule has 0 aliphatic rings. The normalized spacial score (nSPS) is 12.2. The van der Waals surface area contributed by atoms with Gasteiger partial charge in [0.05, 0.1) is 11.1 Å². The fourth-order valence-electron chi connectivity index (χ4n) is 5.04. The van der Waals surface area contributed by atoms with Crippen LogP contribution in [0.5, 0.6) is 0 Å². The Balaban J connectivity index is 1.65. The Hall–Kier alpha value is -3.93. The molecule has 0 aliphatic carbocycles. The molecule has 2 atom stereocenters. The second kappa shape index (κ2) is 20.1. The maximum atomic E-state index is 13.2. The zero-order valence-corrected chi connectivity index (χ0v) is 25.5. The van der Waals surface area contributed by atoms with Gasteiger partial charge in [-0.1, -0.05) is 126 Å². The number of unbranched alkanes of at least 4 members (excludes halogenated alkanes) is 10. The van der Waals surface area contributed by atoms with E-state index in [1.807, 2.05) is 18.2 Å². The Morgan fingerprint density at radius 1 is 0.581 bits per heavy atom. The standard InChI is InChI=1S/C37H47NO5/c1-2-3-4-5-6-7-8-9-10-11-21-28-34(43-37(41)32-26-19-14-20-27-32)33(38-35(39)30-22-15-12-16-23-30)29-42-36(40)31-24-17-13-18-25-31/h12-20,22-27,33-34H,2-11,21,28-29H2,1H3,(H,38,39). The van der Waals surface area contributed by atoms with Crippen molar-refractivity contribution in [1.29, 1.82) is 0 Å². The van der Waals surface area contributed by atoms with Gasteiger partial charge < -0.3 is 14.8 Å². The molecule has 2 unspecified atom stereocenters. The number of rotatable bonds is 20. The molecular weight excluding hydrogens is 538 g/mol. The van der Waals surface area contributed by atoms with E-state index in [2.05, 4.69) is 12.2 Å². The molecule has 0 spiro atoms. The van der Waals surface area contributed by atoms with E-state index in [0.717, 1.165) is 19.3 Å². The molecular formula is C37H47NO5. The first-order valence-electron chi connectivity index (χ1n) is 15.9. The maximum Gasteiger partial charge on any atom is 0.338 e. The first-order valence-corrected chi connectivity index (χ1v) is 15.9. The number of carbonyl (C=O) groups excluding carboxylic acids is 3. The molecule has 3 rings (SSSR count). The molecule has 0 bridgehead atoms. The summed E-state index contributed by atoms with van der Waals surface area (Å²) in [7, 11) is 0. The summed E-state index contributed by atoms with van der Waals surface area (Å²) in [5.74, 6) is -1.29. The molecule has 1 amide bonds. The number of nitrogens with one attached hydrogen (secondary N) is 1. The summed E-state index contributed by atoms with van der Waals surface area (Å²) in [4.78, 5) is 39.1. The molecule has 43 heavy (non-hydrogen) atoms.